The fourth-order valence-electron chi connectivity index (χ4n) is 2.11. The molecular weight excluding hydrogens is 262 g/mol. The van der Waals surface area contributed by atoms with E-state index in [9.17, 15) is 4.79 Å². The second-order valence-electron chi connectivity index (χ2n) is 4.45. The molecule has 0 bridgehead atoms. The van der Waals surface area contributed by atoms with Crippen LogP contribution in [-0.2, 0) is 0 Å². The Kier molecular flexibility index (Phi) is 3.69. The number of aldehydes is 1. The van der Waals surface area contributed by atoms with Crippen molar-refractivity contribution in [1.29, 1.82) is 0 Å². The van der Waals surface area contributed by atoms with E-state index < -0.39 is 0 Å². The Balaban J connectivity index is 2.09. The molecule has 1 heterocycles. The van der Waals surface area contributed by atoms with Crippen LogP contribution in [0.2, 0.25) is 0 Å². The predicted octanol–water partition coefficient (Wildman–Crippen LogP) is 3.76. The van der Waals surface area contributed by atoms with Gasteiger partial charge in [0.2, 0.25) is 0 Å². The smallest absolute Gasteiger partial charge is 0.150 e. The molecule has 102 valence electrons. The monoisotopic (exact) mass is 275 g/mol. The molecule has 0 saturated carbocycles. The molecule has 4 heteroatoms. The zero-order valence-corrected chi connectivity index (χ0v) is 11.3. The highest BCUT2D eigenvalue weighted by Crippen LogP contribution is 2.32. The summed E-state index contributed by atoms with van der Waals surface area (Å²) in [6, 6.07) is 19.2. The summed E-state index contributed by atoms with van der Waals surface area (Å²) in [5.74, 6) is 0.773. The molecule has 0 saturated heterocycles. The average Bonchev–Trinajstić information content (AvgIpc) is 2.58. The third-order valence-electron chi connectivity index (χ3n) is 3.10. The van der Waals surface area contributed by atoms with Crippen LogP contribution in [0.3, 0.4) is 0 Å². The van der Waals surface area contributed by atoms with Gasteiger partial charge in [0.1, 0.15) is 18.4 Å². The van der Waals surface area contributed by atoms with Crippen LogP contribution < -0.4 is 4.90 Å². The van der Waals surface area contributed by atoms with Gasteiger partial charge in [0.05, 0.1) is 0 Å². The van der Waals surface area contributed by atoms with Crippen molar-refractivity contribution < 1.29 is 4.79 Å². The summed E-state index contributed by atoms with van der Waals surface area (Å²) in [5.41, 5.74) is 2.58. The highest BCUT2D eigenvalue weighted by Gasteiger charge is 2.12. The summed E-state index contributed by atoms with van der Waals surface area (Å²) in [6.07, 6.45) is 4.06. The minimum atomic E-state index is 0.648. The number of anilines is 3. The van der Waals surface area contributed by atoms with Crippen LogP contribution in [0.5, 0.6) is 0 Å². The summed E-state index contributed by atoms with van der Waals surface area (Å²) in [7, 11) is 0. The molecule has 0 aliphatic rings. The molecule has 0 fully saturated rings. The molecule has 3 aromatic rings. The van der Waals surface area contributed by atoms with E-state index in [4.69, 9.17) is 0 Å². The molecule has 0 aliphatic carbocycles. The number of hydrogen-bond donors (Lipinski definition) is 0. The second kappa shape index (κ2) is 5.96. The van der Waals surface area contributed by atoms with Gasteiger partial charge in [-0.1, -0.05) is 18.2 Å². The Morgan fingerprint density at radius 2 is 1.57 bits per heavy atom. The fourth-order valence-corrected chi connectivity index (χ4v) is 2.11. The van der Waals surface area contributed by atoms with Gasteiger partial charge in [0, 0.05) is 23.1 Å². The first-order chi connectivity index (χ1) is 10.4. The first-order valence-corrected chi connectivity index (χ1v) is 6.55. The van der Waals surface area contributed by atoms with Gasteiger partial charge < -0.3 is 0 Å². The maximum atomic E-state index is 10.8. The van der Waals surface area contributed by atoms with Crippen molar-refractivity contribution in [2.75, 3.05) is 4.90 Å². The van der Waals surface area contributed by atoms with Gasteiger partial charge in [-0.15, -0.1) is 0 Å². The topological polar surface area (TPSA) is 46.1 Å². The van der Waals surface area contributed by atoms with E-state index >= 15 is 0 Å². The van der Waals surface area contributed by atoms with Crippen LogP contribution in [0.4, 0.5) is 17.2 Å². The fraction of sp³-hybridized carbons (Fsp3) is 0. The average molecular weight is 275 g/mol. The van der Waals surface area contributed by atoms with Crippen molar-refractivity contribution >= 4 is 23.5 Å². The molecule has 3 rings (SSSR count). The van der Waals surface area contributed by atoms with Gasteiger partial charge in [-0.25, -0.2) is 9.97 Å². The minimum Gasteiger partial charge on any atom is -0.298 e. The Bertz CT molecular complexity index is 673. The van der Waals surface area contributed by atoms with Gasteiger partial charge in [0.25, 0.3) is 0 Å². The van der Waals surface area contributed by atoms with Crippen molar-refractivity contribution in [2.45, 2.75) is 0 Å². The normalized spacial score (nSPS) is 10.1. The van der Waals surface area contributed by atoms with Gasteiger partial charge in [-0.05, 0) is 42.5 Å². The van der Waals surface area contributed by atoms with Gasteiger partial charge in [0.15, 0.2) is 0 Å². The Labute approximate surface area is 122 Å². The van der Waals surface area contributed by atoms with E-state index in [0.717, 1.165) is 23.5 Å². The summed E-state index contributed by atoms with van der Waals surface area (Å²) >= 11 is 0. The minimum absolute atomic E-state index is 0.648. The second-order valence-corrected chi connectivity index (χ2v) is 4.45. The van der Waals surface area contributed by atoms with Crippen LogP contribution >= 0.6 is 0 Å². The molecule has 0 aliphatic heterocycles. The lowest BCUT2D eigenvalue weighted by Crippen LogP contribution is -2.11. The number of nitrogens with zero attached hydrogens (tertiary/aromatic N) is 3. The first-order valence-electron chi connectivity index (χ1n) is 6.55. The van der Waals surface area contributed by atoms with Gasteiger partial charge in [-0.2, -0.15) is 0 Å². The number of para-hydroxylation sites is 1. The van der Waals surface area contributed by atoms with E-state index in [1.54, 1.807) is 18.3 Å². The molecule has 0 unspecified atom stereocenters. The molecule has 2 aromatic carbocycles. The highest BCUT2D eigenvalue weighted by atomic mass is 16.1. The van der Waals surface area contributed by atoms with Gasteiger partial charge in [-0.3, -0.25) is 9.69 Å². The van der Waals surface area contributed by atoms with Crippen molar-refractivity contribution in [1.82, 2.24) is 9.97 Å². The van der Waals surface area contributed by atoms with Crippen LogP contribution in [0.25, 0.3) is 0 Å². The Morgan fingerprint density at radius 1 is 0.857 bits per heavy atom. The zero-order chi connectivity index (χ0) is 14.5. The Hall–Kier alpha value is -3.01. The third-order valence-corrected chi connectivity index (χ3v) is 3.10. The largest absolute Gasteiger partial charge is 0.298 e. The summed E-state index contributed by atoms with van der Waals surface area (Å²) < 4.78 is 0. The van der Waals surface area contributed by atoms with Crippen molar-refractivity contribution in [3.05, 3.63) is 78.8 Å². The number of benzene rings is 2. The van der Waals surface area contributed by atoms with Crippen molar-refractivity contribution in [3.63, 3.8) is 0 Å². The summed E-state index contributed by atoms with van der Waals surface area (Å²) in [4.78, 5) is 21.1. The van der Waals surface area contributed by atoms with Gasteiger partial charge >= 0.3 is 0 Å². The highest BCUT2D eigenvalue weighted by molar-refractivity contribution is 5.79. The number of rotatable bonds is 4. The third kappa shape index (κ3) is 2.79. The molecule has 4 nitrogen and oxygen atoms in total. The number of carbonyl (C=O) groups is 1. The first kappa shape index (κ1) is 13.0. The lowest BCUT2D eigenvalue weighted by atomic mass is 10.2. The summed E-state index contributed by atoms with van der Waals surface area (Å²) in [5, 5.41) is 0. The van der Waals surface area contributed by atoms with Crippen molar-refractivity contribution in [3.8, 4) is 0 Å². The zero-order valence-electron chi connectivity index (χ0n) is 11.3. The Morgan fingerprint density at radius 3 is 2.19 bits per heavy atom. The molecule has 0 spiro atoms. The van der Waals surface area contributed by atoms with E-state index in [0.29, 0.717) is 5.56 Å². The predicted molar refractivity (Wildman–Crippen MR) is 82.1 cm³/mol. The van der Waals surface area contributed by atoms with Crippen LogP contribution in [0.15, 0.2) is 73.2 Å². The van der Waals surface area contributed by atoms with Crippen LogP contribution in [-0.4, -0.2) is 16.3 Å². The SMILES string of the molecule is O=Cc1ccc(N(c2ccccc2)c2ccncn2)cc1. The van der Waals surface area contributed by atoms with E-state index in [1.165, 1.54) is 6.33 Å². The molecule has 0 atom stereocenters. The molecular formula is C17H13N3O. The molecule has 21 heavy (non-hydrogen) atoms. The maximum absolute atomic E-state index is 10.8. The van der Waals surface area contributed by atoms with E-state index in [-0.39, 0.29) is 0 Å². The quantitative estimate of drug-likeness (QED) is 0.680. The standard InChI is InChI=1S/C17H13N3O/c21-12-14-6-8-16(9-7-14)20(15-4-2-1-3-5-15)17-10-11-18-13-19-17/h1-13H. The van der Waals surface area contributed by atoms with Crippen LogP contribution in [0.1, 0.15) is 10.4 Å². The number of carbonyl (C=O) groups excluding carboxylic acids is 1. The molecule has 1 aromatic heterocycles. The van der Waals surface area contributed by atoms with Crippen molar-refractivity contribution in [2.24, 2.45) is 0 Å². The lowest BCUT2D eigenvalue weighted by Gasteiger charge is -2.23. The summed E-state index contributed by atoms with van der Waals surface area (Å²) in [6.45, 7) is 0. The number of aromatic nitrogens is 2. The van der Waals surface area contributed by atoms with E-state index in [2.05, 4.69) is 9.97 Å². The molecule has 0 N–H and O–H groups in total. The molecule has 0 radical (unpaired) electrons. The van der Waals surface area contributed by atoms with E-state index in [1.807, 2.05) is 53.4 Å². The number of hydrogen-bond acceptors (Lipinski definition) is 4. The molecule has 0 amide bonds. The lowest BCUT2D eigenvalue weighted by molar-refractivity contribution is 0.112. The maximum Gasteiger partial charge on any atom is 0.150 e. The van der Waals surface area contributed by atoms with Crippen LogP contribution in [0, 0.1) is 0 Å².